The van der Waals surface area contributed by atoms with Crippen LogP contribution in [0.1, 0.15) is 17.9 Å². The van der Waals surface area contributed by atoms with E-state index in [2.05, 4.69) is 0 Å². The van der Waals surface area contributed by atoms with Gasteiger partial charge < -0.3 is 4.79 Å². The van der Waals surface area contributed by atoms with Crippen LogP contribution in [0.5, 0.6) is 0 Å². The molecule has 1 fully saturated rings. The molecular formula is C16H11F3O. The van der Waals surface area contributed by atoms with Gasteiger partial charge >= 0.3 is 0 Å². The number of benzene rings is 2. The van der Waals surface area contributed by atoms with E-state index in [1.807, 2.05) is 0 Å². The number of rotatable bonds is 3. The van der Waals surface area contributed by atoms with E-state index in [9.17, 15) is 18.0 Å². The summed E-state index contributed by atoms with van der Waals surface area (Å²) in [5, 5.41) is 0. The Morgan fingerprint density at radius 3 is 2.15 bits per heavy atom. The molecule has 0 saturated heterocycles. The summed E-state index contributed by atoms with van der Waals surface area (Å²) >= 11 is 0. The zero-order chi connectivity index (χ0) is 14.3. The molecule has 0 bridgehead atoms. The summed E-state index contributed by atoms with van der Waals surface area (Å²) in [5.74, 6) is -2.55. The highest BCUT2D eigenvalue weighted by Crippen LogP contribution is 2.50. The molecule has 2 aromatic rings. The maximum absolute atomic E-state index is 14.0. The number of carbonyl (C=O) groups is 1. The highest BCUT2D eigenvalue weighted by molar-refractivity contribution is 5.72. The van der Waals surface area contributed by atoms with Gasteiger partial charge in [0, 0.05) is 5.92 Å². The maximum Gasteiger partial charge on any atom is 0.133 e. The third-order valence-corrected chi connectivity index (χ3v) is 3.67. The van der Waals surface area contributed by atoms with E-state index in [4.69, 9.17) is 0 Å². The molecule has 1 nitrogen and oxygen atoms in total. The van der Waals surface area contributed by atoms with Gasteiger partial charge in [-0.1, -0.05) is 18.2 Å². The average Bonchev–Trinajstić information content (AvgIpc) is 3.18. The second kappa shape index (κ2) is 4.78. The Balaban J connectivity index is 2.20. The summed E-state index contributed by atoms with van der Waals surface area (Å²) in [6.07, 6.45) is 1.28. The van der Waals surface area contributed by atoms with E-state index in [1.54, 1.807) is 0 Å². The molecule has 0 unspecified atom stereocenters. The van der Waals surface area contributed by atoms with Crippen molar-refractivity contribution in [2.24, 2.45) is 5.92 Å². The van der Waals surface area contributed by atoms with Crippen LogP contribution < -0.4 is 0 Å². The zero-order valence-electron chi connectivity index (χ0n) is 10.4. The molecule has 1 saturated carbocycles. The van der Waals surface area contributed by atoms with Crippen molar-refractivity contribution in [2.45, 2.75) is 12.3 Å². The molecule has 2 aromatic carbocycles. The summed E-state index contributed by atoms with van der Waals surface area (Å²) in [6.45, 7) is 0. The number of hydrogen-bond acceptors (Lipinski definition) is 1. The summed E-state index contributed by atoms with van der Waals surface area (Å²) in [4.78, 5) is 10.8. The number of halogens is 3. The van der Waals surface area contributed by atoms with E-state index in [0.29, 0.717) is 6.42 Å². The van der Waals surface area contributed by atoms with Gasteiger partial charge in [-0.25, -0.2) is 13.2 Å². The van der Waals surface area contributed by atoms with Gasteiger partial charge in [0.05, 0.1) is 5.56 Å². The first kappa shape index (κ1) is 12.9. The van der Waals surface area contributed by atoms with Gasteiger partial charge in [-0.15, -0.1) is 0 Å². The predicted molar refractivity (Wildman–Crippen MR) is 68.7 cm³/mol. The molecule has 4 heteroatoms. The lowest BCUT2D eigenvalue weighted by Gasteiger charge is -2.12. The molecular weight excluding hydrogens is 265 g/mol. The number of carbonyl (C=O) groups excluding carboxylic acids is 1. The minimum absolute atomic E-state index is 0.190. The van der Waals surface area contributed by atoms with Crippen molar-refractivity contribution in [3.63, 3.8) is 0 Å². The van der Waals surface area contributed by atoms with E-state index >= 15 is 0 Å². The largest absolute Gasteiger partial charge is 0.303 e. The zero-order valence-corrected chi connectivity index (χ0v) is 10.4. The predicted octanol–water partition coefficient (Wildman–Crippen LogP) is 4.07. The van der Waals surface area contributed by atoms with Crippen LogP contribution in [0.2, 0.25) is 0 Å². The van der Waals surface area contributed by atoms with E-state index in [0.717, 1.165) is 18.4 Å². The highest BCUT2D eigenvalue weighted by Gasteiger charge is 2.41. The Morgan fingerprint density at radius 1 is 0.950 bits per heavy atom. The van der Waals surface area contributed by atoms with Crippen LogP contribution >= 0.6 is 0 Å². The van der Waals surface area contributed by atoms with Gasteiger partial charge in [0.1, 0.15) is 23.7 Å². The minimum atomic E-state index is -0.736. The molecule has 20 heavy (non-hydrogen) atoms. The van der Waals surface area contributed by atoms with Crippen LogP contribution in [0.15, 0.2) is 36.4 Å². The van der Waals surface area contributed by atoms with Crippen LogP contribution in [0.25, 0.3) is 11.1 Å². The number of hydrogen-bond donors (Lipinski definition) is 0. The van der Waals surface area contributed by atoms with Gasteiger partial charge in [0.2, 0.25) is 0 Å². The van der Waals surface area contributed by atoms with Crippen LogP contribution in [-0.4, -0.2) is 6.29 Å². The number of aldehydes is 1. The molecule has 3 rings (SSSR count). The molecule has 1 aliphatic carbocycles. The molecule has 0 N–H and O–H groups in total. The average molecular weight is 276 g/mol. The fourth-order valence-corrected chi connectivity index (χ4v) is 2.58. The Kier molecular flexibility index (Phi) is 3.08. The van der Waals surface area contributed by atoms with Crippen molar-refractivity contribution in [1.29, 1.82) is 0 Å². The fraction of sp³-hybridized carbons (Fsp3) is 0.188. The van der Waals surface area contributed by atoms with Gasteiger partial charge in [-0.3, -0.25) is 0 Å². The third-order valence-electron chi connectivity index (χ3n) is 3.67. The third kappa shape index (κ3) is 2.01. The van der Waals surface area contributed by atoms with Crippen molar-refractivity contribution in [3.05, 3.63) is 59.4 Å². The molecule has 102 valence electrons. The molecule has 1 aliphatic rings. The molecule has 0 radical (unpaired) electrons. The van der Waals surface area contributed by atoms with Crippen LogP contribution in [-0.2, 0) is 4.79 Å². The topological polar surface area (TPSA) is 17.1 Å². The monoisotopic (exact) mass is 276 g/mol. The van der Waals surface area contributed by atoms with Crippen molar-refractivity contribution in [3.8, 4) is 11.1 Å². The Morgan fingerprint density at radius 2 is 1.55 bits per heavy atom. The first-order chi connectivity index (χ1) is 9.63. The lowest BCUT2D eigenvalue weighted by molar-refractivity contribution is -0.108. The smallest absolute Gasteiger partial charge is 0.133 e. The van der Waals surface area contributed by atoms with Crippen LogP contribution in [0.3, 0.4) is 0 Å². The minimum Gasteiger partial charge on any atom is -0.303 e. The molecule has 0 aliphatic heterocycles. The highest BCUT2D eigenvalue weighted by atomic mass is 19.1. The standard InChI is InChI=1S/C16H11F3O/c17-12-4-1-3-10(15(12)11-7-9(11)8-20)16-13(18)5-2-6-14(16)19/h1-6,8-9,11H,7H2/t9-,11+/m0/s1. The molecule has 0 heterocycles. The normalized spacial score (nSPS) is 20.8. The summed E-state index contributed by atoms with van der Waals surface area (Å²) < 4.78 is 41.8. The lowest BCUT2D eigenvalue weighted by atomic mass is 9.94. The quantitative estimate of drug-likeness (QED) is 0.772. The first-order valence-electron chi connectivity index (χ1n) is 6.31. The second-order valence-electron chi connectivity index (χ2n) is 4.94. The summed E-state index contributed by atoms with van der Waals surface area (Å²) in [7, 11) is 0. The van der Waals surface area contributed by atoms with E-state index < -0.39 is 17.5 Å². The molecule has 0 spiro atoms. The van der Waals surface area contributed by atoms with Crippen molar-refractivity contribution < 1.29 is 18.0 Å². The lowest BCUT2D eigenvalue weighted by Crippen LogP contribution is -1.98. The van der Waals surface area contributed by atoms with E-state index in [1.165, 1.54) is 24.3 Å². The summed E-state index contributed by atoms with van der Waals surface area (Å²) in [6, 6.07) is 7.68. The Hall–Kier alpha value is -2.10. The maximum atomic E-state index is 14.0. The van der Waals surface area contributed by atoms with Crippen molar-refractivity contribution >= 4 is 6.29 Å². The second-order valence-corrected chi connectivity index (χ2v) is 4.94. The van der Waals surface area contributed by atoms with Gasteiger partial charge in [0.25, 0.3) is 0 Å². The van der Waals surface area contributed by atoms with Crippen molar-refractivity contribution in [1.82, 2.24) is 0 Å². The van der Waals surface area contributed by atoms with Crippen LogP contribution in [0.4, 0.5) is 13.2 Å². The molecule has 0 amide bonds. The van der Waals surface area contributed by atoms with Crippen molar-refractivity contribution in [2.75, 3.05) is 0 Å². The van der Waals surface area contributed by atoms with Crippen LogP contribution in [0, 0.1) is 23.4 Å². The van der Waals surface area contributed by atoms with Gasteiger partial charge in [-0.2, -0.15) is 0 Å². The first-order valence-corrected chi connectivity index (χ1v) is 6.31. The van der Waals surface area contributed by atoms with E-state index in [-0.39, 0.29) is 28.5 Å². The SMILES string of the molecule is O=C[C@@H]1C[C@H]1c1c(F)cccc1-c1c(F)cccc1F. The fourth-order valence-electron chi connectivity index (χ4n) is 2.58. The Bertz CT molecular complexity index is 661. The molecule has 2 atom stereocenters. The Labute approximate surface area is 114 Å². The molecule has 0 aromatic heterocycles. The van der Waals surface area contributed by atoms with Gasteiger partial charge in [0.15, 0.2) is 0 Å². The van der Waals surface area contributed by atoms with Gasteiger partial charge in [-0.05, 0) is 41.7 Å². The summed E-state index contributed by atoms with van der Waals surface area (Å²) in [5.41, 5.74) is 0.182.